The maximum Gasteiger partial charge on any atom is 0.360 e. The Bertz CT molecular complexity index is 313. The highest BCUT2D eigenvalue weighted by Gasteiger charge is 2.18. The molecule has 0 aliphatic rings. The molecule has 92 valence electrons. The van der Waals surface area contributed by atoms with Gasteiger partial charge in [-0.05, 0) is 13.0 Å². The smallest absolute Gasteiger partial charge is 0.360 e. The fourth-order valence-corrected chi connectivity index (χ4v) is 0.937. The van der Waals surface area contributed by atoms with Crippen molar-refractivity contribution in [1.82, 2.24) is 15.4 Å². The zero-order valence-electron chi connectivity index (χ0n) is 9.47. The molecular weight excluding hydrogens is 212 g/mol. The van der Waals surface area contributed by atoms with Crippen molar-refractivity contribution in [2.75, 3.05) is 18.1 Å². The molecule has 0 spiro atoms. The predicted molar refractivity (Wildman–Crippen MR) is 59.9 cm³/mol. The molecule has 0 fully saturated rings. The molecule has 16 heavy (non-hydrogen) atoms. The van der Waals surface area contributed by atoms with Crippen LogP contribution in [-0.2, 0) is 0 Å². The number of carbonyl (C=O) groups is 1. The number of aromatic amines is 1. The van der Waals surface area contributed by atoms with Crippen LogP contribution in [0.3, 0.4) is 0 Å². The van der Waals surface area contributed by atoms with E-state index in [9.17, 15) is 4.79 Å². The number of nitrogens with two attached hydrogens (primary N) is 2. The van der Waals surface area contributed by atoms with E-state index in [0.29, 0.717) is 19.5 Å². The standard InChI is InChI=1S/C6H12N6O2.C2H6/c7-2-1-3-12(8)5-4(6(13)14)9-11-10-5;1-2/h1-3,7-8H2,(H,13,14)(H,9,10,11);1-2H3. The molecular formula is C8H18N6O2. The number of carboxylic acid groups (broad SMARTS) is 1. The number of nitrogens with one attached hydrogen (secondary N) is 1. The van der Waals surface area contributed by atoms with Crippen LogP contribution in [0.2, 0.25) is 0 Å². The third-order valence-electron chi connectivity index (χ3n) is 1.61. The van der Waals surface area contributed by atoms with Crippen molar-refractivity contribution in [3.63, 3.8) is 0 Å². The molecule has 6 N–H and O–H groups in total. The van der Waals surface area contributed by atoms with Crippen molar-refractivity contribution in [2.45, 2.75) is 20.3 Å². The zero-order chi connectivity index (χ0) is 12.6. The largest absolute Gasteiger partial charge is 0.476 e. The van der Waals surface area contributed by atoms with Gasteiger partial charge in [0.15, 0.2) is 5.82 Å². The van der Waals surface area contributed by atoms with Gasteiger partial charge in [-0.1, -0.05) is 13.8 Å². The van der Waals surface area contributed by atoms with E-state index in [1.165, 1.54) is 5.01 Å². The van der Waals surface area contributed by atoms with Crippen LogP contribution in [0, 0.1) is 0 Å². The summed E-state index contributed by atoms with van der Waals surface area (Å²) >= 11 is 0. The molecule has 0 saturated carbocycles. The van der Waals surface area contributed by atoms with E-state index >= 15 is 0 Å². The minimum atomic E-state index is -1.17. The van der Waals surface area contributed by atoms with Crippen LogP contribution in [0.4, 0.5) is 5.82 Å². The van der Waals surface area contributed by atoms with Crippen LogP contribution >= 0.6 is 0 Å². The lowest BCUT2D eigenvalue weighted by Crippen LogP contribution is -2.34. The van der Waals surface area contributed by atoms with Gasteiger partial charge in [0.2, 0.25) is 5.69 Å². The zero-order valence-corrected chi connectivity index (χ0v) is 9.47. The summed E-state index contributed by atoms with van der Waals surface area (Å²) < 4.78 is 0. The van der Waals surface area contributed by atoms with Gasteiger partial charge in [-0.3, -0.25) is 5.01 Å². The summed E-state index contributed by atoms with van der Waals surface area (Å²) in [5.41, 5.74) is 5.10. The van der Waals surface area contributed by atoms with E-state index in [0.717, 1.165) is 0 Å². The topological polar surface area (TPSA) is 134 Å². The summed E-state index contributed by atoms with van der Waals surface area (Å²) in [4.78, 5) is 10.6. The number of aromatic nitrogens is 3. The quantitative estimate of drug-likeness (QED) is 0.397. The number of hydrogen-bond acceptors (Lipinski definition) is 6. The molecule has 0 amide bonds. The summed E-state index contributed by atoms with van der Waals surface area (Å²) in [6.07, 6.45) is 0.655. The van der Waals surface area contributed by atoms with Crippen molar-refractivity contribution in [1.29, 1.82) is 0 Å². The Morgan fingerprint density at radius 2 is 2.12 bits per heavy atom. The van der Waals surface area contributed by atoms with Gasteiger partial charge in [0.1, 0.15) is 0 Å². The maximum atomic E-state index is 10.6. The SMILES string of the molecule is CC.NCCCN(N)c1n[nH]nc1C(=O)O. The lowest BCUT2D eigenvalue weighted by molar-refractivity contribution is 0.0691. The fourth-order valence-electron chi connectivity index (χ4n) is 0.937. The Balaban J connectivity index is 0.00000106. The highest BCUT2D eigenvalue weighted by Crippen LogP contribution is 2.10. The van der Waals surface area contributed by atoms with Gasteiger partial charge in [0.05, 0.1) is 0 Å². The Morgan fingerprint density at radius 3 is 2.62 bits per heavy atom. The van der Waals surface area contributed by atoms with E-state index < -0.39 is 5.97 Å². The molecule has 0 radical (unpaired) electrons. The van der Waals surface area contributed by atoms with E-state index in [-0.39, 0.29) is 11.5 Å². The Labute approximate surface area is 93.6 Å². The van der Waals surface area contributed by atoms with Gasteiger partial charge in [0, 0.05) is 6.54 Å². The van der Waals surface area contributed by atoms with Gasteiger partial charge in [-0.25, -0.2) is 10.6 Å². The molecule has 1 aromatic rings. The summed E-state index contributed by atoms with van der Waals surface area (Å²) in [7, 11) is 0. The third kappa shape index (κ3) is 3.83. The van der Waals surface area contributed by atoms with Crippen molar-refractivity contribution in [2.24, 2.45) is 11.6 Å². The Morgan fingerprint density at radius 1 is 1.50 bits per heavy atom. The van der Waals surface area contributed by atoms with Crippen LogP contribution < -0.4 is 16.6 Å². The second kappa shape index (κ2) is 7.60. The van der Waals surface area contributed by atoms with Gasteiger partial charge in [-0.15, -0.1) is 10.2 Å². The highest BCUT2D eigenvalue weighted by atomic mass is 16.4. The van der Waals surface area contributed by atoms with Crippen LogP contribution in [0.15, 0.2) is 0 Å². The highest BCUT2D eigenvalue weighted by molar-refractivity contribution is 5.90. The van der Waals surface area contributed by atoms with Crippen LogP contribution in [0.1, 0.15) is 30.8 Å². The normalized spacial score (nSPS) is 9.25. The minimum absolute atomic E-state index is 0.117. The van der Waals surface area contributed by atoms with E-state index in [2.05, 4.69) is 15.4 Å². The van der Waals surface area contributed by atoms with E-state index in [1.54, 1.807) is 0 Å². The van der Waals surface area contributed by atoms with Gasteiger partial charge in [0.25, 0.3) is 0 Å². The van der Waals surface area contributed by atoms with Gasteiger partial charge >= 0.3 is 5.97 Å². The lowest BCUT2D eigenvalue weighted by Gasteiger charge is -2.14. The monoisotopic (exact) mass is 230 g/mol. The number of hydrazine groups is 1. The number of aromatic carboxylic acids is 1. The van der Waals surface area contributed by atoms with Crippen molar-refractivity contribution < 1.29 is 9.90 Å². The van der Waals surface area contributed by atoms with Crippen molar-refractivity contribution >= 4 is 11.8 Å². The minimum Gasteiger partial charge on any atom is -0.476 e. The number of rotatable bonds is 5. The van der Waals surface area contributed by atoms with Gasteiger partial charge in [-0.2, -0.15) is 5.21 Å². The second-order valence-electron chi connectivity index (χ2n) is 2.64. The molecule has 1 heterocycles. The average Bonchev–Trinajstić information content (AvgIpc) is 2.77. The molecule has 8 nitrogen and oxygen atoms in total. The van der Waals surface area contributed by atoms with Crippen LogP contribution in [0.25, 0.3) is 0 Å². The molecule has 8 heteroatoms. The molecule has 0 aromatic carbocycles. The summed E-state index contributed by atoms with van der Waals surface area (Å²) in [6.45, 7) is 4.91. The number of H-pyrrole nitrogens is 1. The van der Waals surface area contributed by atoms with Crippen LogP contribution in [0.5, 0.6) is 0 Å². The first-order valence-electron chi connectivity index (χ1n) is 5.03. The number of anilines is 1. The second-order valence-corrected chi connectivity index (χ2v) is 2.64. The number of carboxylic acids is 1. The molecule has 0 bridgehead atoms. The predicted octanol–water partition coefficient (Wildman–Crippen LogP) is -0.442. The number of nitrogens with zero attached hydrogens (tertiary/aromatic N) is 3. The third-order valence-corrected chi connectivity index (χ3v) is 1.61. The fraction of sp³-hybridized carbons (Fsp3) is 0.625. The summed E-state index contributed by atoms with van der Waals surface area (Å²) in [5.74, 6) is 4.50. The van der Waals surface area contributed by atoms with E-state index in [1.807, 2.05) is 13.8 Å². The Hall–Kier alpha value is -1.67. The van der Waals surface area contributed by atoms with E-state index in [4.69, 9.17) is 16.7 Å². The van der Waals surface area contributed by atoms with Crippen molar-refractivity contribution in [3.05, 3.63) is 5.69 Å². The maximum absolute atomic E-state index is 10.6. The molecule has 0 unspecified atom stereocenters. The summed E-state index contributed by atoms with van der Waals surface area (Å²) in [6, 6.07) is 0. The molecule has 0 aliphatic carbocycles. The lowest BCUT2D eigenvalue weighted by atomic mass is 10.4. The first-order valence-corrected chi connectivity index (χ1v) is 5.03. The molecule has 0 atom stereocenters. The molecule has 1 aromatic heterocycles. The van der Waals surface area contributed by atoms with Crippen molar-refractivity contribution in [3.8, 4) is 0 Å². The van der Waals surface area contributed by atoms with Crippen LogP contribution in [-0.4, -0.2) is 39.6 Å². The average molecular weight is 230 g/mol. The molecule has 0 saturated heterocycles. The Kier molecular flexibility index (Phi) is 6.81. The first kappa shape index (κ1) is 14.3. The number of hydrogen-bond donors (Lipinski definition) is 4. The molecule has 1 rings (SSSR count). The molecule has 0 aliphatic heterocycles. The van der Waals surface area contributed by atoms with Gasteiger partial charge < -0.3 is 10.8 Å². The summed E-state index contributed by atoms with van der Waals surface area (Å²) in [5, 5.41) is 19.2. The first-order chi connectivity index (χ1) is 7.66.